The molecule has 0 aliphatic heterocycles. The van der Waals surface area contributed by atoms with E-state index in [4.69, 9.17) is 0 Å². The van der Waals surface area contributed by atoms with Gasteiger partial charge in [0.05, 0.1) is 11.2 Å². The molecule has 0 saturated heterocycles. The van der Waals surface area contributed by atoms with Crippen LogP contribution in [-0.2, 0) is 0 Å². The summed E-state index contributed by atoms with van der Waals surface area (Å²) in [5.74, 6) is 0.0384. The fourth-order valence-corrected chi connectivity index (χ4v) is 3.35. The summed E-state index contributed by atoms with van der Waals surface area (Å²) in [6.45, 7) is 0. The van der Waals surface area contributed by atoms with E-state index in [1.54, 1.807) is 12.4 Å². The molecule has 0 amide bonds. The second kappa shape index (κ2) is 3.98. The van der Waals surface area contributed by atoms with Crippen LogP contribution in [0.25, 0.3) is 32.9 Å². The van der Waals surface area contributed by atoms with Gasteiger partial charge in [-0.05, 0) is 24.3 Å². The van der Waals surface area contributed by atoms with Gasteiger partial charge in [0.25, 0.3) is 0 Å². The van der Waals surface area contributed by atoms with Crippen molar-refractivity contribution in [3.05, 3.63) is 72.1 Å². The van der Waals surface area contributed by atoms with Crippen LogP contribution >= 0.6 is 0 Å². The molecule has 2 heterocycles. The van der Waals surface area contributed by atoms with E-state index in [0.717, 1.165) is 38.5 Å². The minimum atomic E-state index is 0.0384. The number of benzene rings is 2. The molecule has 0 radical (unpaired) electrons. The predicted molar refractivity (Wildman–Crippen MR) is 85.9 cm³/mol. The molecule has 1 aliphatic rings. The van der Waals surface area contributed by atoms with E-state index in [1.807, 2.05) is 42.5 Å². The minimum Gasteiger partial charge on any atom is -0.289 e. The number of carbonyl (C=O) groups excluding carboxylic acids is 1. The molecule has 0 spiro atoms. The Morgan fingerprint density at radius 1 is 0.773 bits per heavy atom. The Labute approximate surface area is 126 Å². The van der Waals surface area contributed by atoms with Gasteiger partial charge in [-0.3, -0.25) is 14.8 Å². The molecule has 0 unspecified atom stereocenters. The van der Waals surface area contributed by atoms with Crippen LogP contribution in [0.5, 0.6) is 0 Å². The first-order valence-electron chi connectivity index (χ1n) is 7.15. The molecule has 0 bridgehead atoms. The molecule has 4 aromatic rings. The van der Waals surface area contributed by atoms with Gasteiger partial charge in [0.15, 0.2) is 5.78 Å². The Morgan fingerprint density at radius 3 is 2.55 bits per heavy atom. The number of aromatic nitrogens is 2. The number of carbonyl (C=O) groups is 1. The van der Waals surface area contributed by atoms with E-state index in [1.165, 1.54) is 0 Å². The molecule has 2 aromatic heterocycles. The summed E-state index contributed by atoms with van der Waals surface area (Å²) in [7, 11) is 0. The second-order valence-corrected chi connectivity index (χ2v) is 5.46. The van der Waals surface area contributed by atoms with Crippen LogP contribution in [0.3, 0.4) is 0 Å². The van der Waals surface area contributed by atoms with Crippen LogP contribution in [0.2, 0.25) is 0 Å². The maximum Gasteiger partial charge on any atom is 0.195 e. The molecule has 5 rings (SSSR count). The molecule has 0 fully saturated rings. The van der Waals surface area contributed by atoms with Crippen molar-refractivity contribution in [2.24, 2.45) is 0 Å². The van der Waals surface area contributed by atoms with Gasteiger partial charge in [-0.15, -0.1) is 0 Å². The van der Waals surface area contributed by atoms with Crippen molar-refractivity contribution >= 4 is 27.5 Å². The third-order valence-corrected chi connectivity index (χ3v) is 4.28. The summed E-state index contributed by atoms with van der Waals surface area (Å²) in [5, 5.41) is 3.04. The first-order valence-corrected chi connectivity index (χ1v) is 7.15. The van der Waals surface area contributed by atoms with E-state index in [2.05, 4.69) is 16.0 Å². The summed E-state index contributed by atoms with van der Waals surface area (Å²) in [4.78, 5) is 21.7. The first-order chi connectivity index (χ1) is 10.8. The van der Waals surface area contributed by atoms with Gasteiger partial charge >= 0.3 is 0 Å². The topological polar surface area (TPSA) is 42.9 Å². The lowest BCUT2D eigenvalue weighted by molar-refractivity contribution is 0.104. The van der Waals surface area contributed by atoms with E-state index in [9.17, 15) is 4.79 Å². The van der Waals surface area contributed by atoms with Crippen LogP contribution < -0.4 is 0 Å². The lowest BCUT2D eigenvalue weighted by Gasteiger charge is -2.19. The minimum absolute atomic E-state index is 0.0384. The number of nitrogens with zero attached hydrogens (tertiary/aromatic N) is 2. The van der Waals surface area contributed by atoms with Gasteiger partial charge in [0.2, 0.25) is 0 Å². The molecule has 22 heavy (non-hydrogen) atoms. The predicted octanol–water partition coefficient (Wildman–Crippen LogP) is 3.99. The summed E-state index contributed by atoms with van der Waals surface area (Å²) in [5.41, 5.74) is 4.12. The van der Waals surface area contributed by atoms with E-state index < -0.39 is 0 Å². The van der Waals surface area contributed by atoms with E-state index in [0.29, 0.717) is 5.56 Å². The van der Waals surface area contributed by atoms with Crippen molar-refractivity contribution in [1.29, 1.82) is 0 Å². The van der Waals surface area contributed by atoms with E-state index >= 15 is 0 Å². The van der Waals surface area contributed by atoms with Gasteiger partial charge in [0.1, 0.15) is 0 Å². The number of hydrogen-bond acceptors (Lipinski definition) is 3. The zero-order valence-corrected chi connectivity index (χ0v) is 11.6. The highest BCUT2D eigenvalue weighted by Gasteiger charge is 2.26. The smallest absolute Gasteiger partial charge is 0.195 e. The van der Waals surface area contributed by atoms with Crippen molar-refractivity contribution in [1.82, 2.24) is 9.97 Å². The van der Waals surface area contributed by atoms with Crippen molar-refractivity contribution < 1.29 is 4.79 Å². The molecule has 1 aliphatic carbocycles. The fourth-order valence-electron chi connectivity index (χ4n) is 3.35. The van der Waals surface area contributed by atoms with Gasteiger partial charge < -0.3 is 0 Å². The van der Waals surface area contributed by atoms with Crippen molar-refractivity contribution in [2.45, 2.75) is 0 Å². The number of rotatable bonds is 0. The number of ketones is 1. The van der Waals surface area contributed by atoms with Crippen LogP contribution in [0, 0.1) is 0 Å². The number of fused-ring (bicyclic) bond motifs is 4. The molecule has 0 N–H and O–H groups in total. The molecule has 0 saturated carbocycles. The Bertz CT molecular complexity index is 1100. The monoisotopic (exact) mass is 282 g/mol. The fraction of sp³-hybridized carbons (Fsp3) is 0. The Kier molecular flexibility index (Phi) is 2.09. The zero-order valence-electron chi connectivity index (χ0n) is 11.6. The molecule has 2 aromatic carbocycles. The first kappa shape index (κ1) is 11.6. The summed E-state index contributed by atoms with van der Waals surface area (Å²) >= 11 is 0. The summed E-state index contributed by atoms with van der Waals surface area (Å²) < 4.78 is 0. The SMILES string of the molecule is O=C1c2cccnc2-c2cc3cccnc3c3cccc1c23. The number of hydrogen-bond donors (Lipinski definition) is 0. The zero-order chi connectivity index (χ0) is 14.7. The van der Waals surface area contributed by atoms with Gasteiger partial charge in [-0.2, -0.15) is 0 Å². The van der Waals surface area contributed by atoms with Crippen LogP contribution in [-0.4, -0.2) is 15.8 Å². The summed E-state index contributed by atoms with van der Waals surface area (Å²) in [6.07, 6.45) is 3.52. The largest absolute Gasteiger partial charge is 0.289 e. The molecular weight excluding hydrogens is 272 g/mol. The van der Waals surface area contributed by atoms with Gasteiger partial charge in [-0.1, -0.05) is 24.3 Å². The molecule has 3 nitrogen and oxygen atoms in total. The highest BCUT2D eigenvalue weighted by molar-refractivity contribution is 6.28. The maximum absolute atomic E-state index is 12.8. The van der Waals surface area contributed by atoms with Crippen molar-refractivity contribution in [3.63, 3.8) is 0 Å². The molecule has 0 atom stereocenters. The van der Waals surface area contributed by atoms with E-state index in [-0.39, 0.29) is 5.78 Å². The van der Waals surface area contributed by atoms with Gasteiger partial charge in [-0.25, -0.2) is 0 Å². The van der Waals surface area contributed by atoms with Crippen LogP contribution in [0.4, 0.5) is 0 Å². The quantitative estimate of drug-likeness (QED) is 0.403. The lowest BCUT2D eigenvalue weighted by Crippen LogP contribution is -2.11. The van der Waals surface area contributed by atoms with Crippen molar-refractivity contribution in [3.8, 4) is 11.3 Å². The third-order valence-electron chi connectivity index (χ3n) is 4.28. The van der Waals surface area contributed by atoms with Crippen LogP contribution in [0.1, 0.15) is 15.9 Å². The molecule has 3 heteroatoms. The van der Waals surface area contributed by atoms with Crippen molar-refractivity contribution in [2.75, 3.05) is 0 Å². The second-order valence-electron chi connectivity index (χ2n) is 5.46. The molecular formula is C19H10N2O. The average Bonchev–Trinajstić information content (AvgIpc) is 2.59. The Morgan fingerprint density at radius 2 is 1.59 bits per heavy atom. The third kappa shape index (κ3) is 1.33. The van der Waals surface area contributed by atoms with Crippen LogP contribution in [0.15, 0.2) is 60.9 Å². The normalized spacial score (nSPS) is 12.6. The Balaban J connectivity index is 2.11. The average molecular weight is 282 g/mol. The maximum atomic E-state index is 12.8. The highest BCUT2D eigenvalue weighted by atomic mass is 16.1. The molecule has 102 valence electrons. The lowest BCUT2D eigenvalue weighted by atomic mass is 9.84. The summed E-state index contributed by atoms with van der Waals surface area (Å²) in [6, 6.07) is 15.6. The number of pyridine rings is 2. The van der Waals surface area contributed by atoms with Gasteiger partial charge in [0, 0.05) is 45.2 Å². The Hall–Kier alpha value is -3.07. The standard InChI is InChI=1S/C19H10N2O/c22-19-13-6-1-5-12-16(13)15(18-14(19)7-3-9-21-18)10-11-4-2-8-20-17(11)12/h1-10H. The highest BCUT2D eigenvalue weighted by Crippen LogP contribution is 2.40.